The van der Waals surface area contributed by atoms with Crippen LogP contribution < -0.4 is 15.8 Å². The molecule has 0 unspecified atom stereocenters. The Morgan fingerprint density at radius 3 is 2.73 bits per heavy atom. The van der Waals surface area contributed by atoms with Gasteiger partial charge in [-0.3, -0.25) is 4.79 Å². The van der Waals surface area contributed by atoms with Crippen LogP contribution in [0.25, 0.3) is 17.3 Å². The molecule has 0 bridgehead atoms. The maximum absolute atomic E-state index is 12.4. The second-order valence-electron chi connectivity index (χ2n) is 5.94. The summed E-state index contributed by atoms with van der Waals surface area (Å²) >= 11 is 1.38. The van der Waals surface area contributed by atoms with Crippen LogP contribution in [0.1, 0.15) is 18.1 Å². The van der Waals surface area contributed by atoms with E-state index in [2.05, 4.69) is 17.2 Å². The van der Waals surface area contributed by atoms with E-state index in [9.17, 15) is 4.79 Å². The van der Waals surface area contributed by atoms with Gasteiger partial charge in [-0.1, -0.05) is 31.2 Å². The second-order valence-corrected chi connectivity index (χ2v) is 6.83. The van der Waals surface area contributed by atoms with Crippen LogP contribution in [0.15, 0.2) is 53.6 Å². The van der Waals surface area contributed by atoms with Crippen LogP contribution in [0.3, 0.4) is 0 Å². The Balaban J connectivity index is 1.62. The van der Waals surface area contributed by atoms with Gasteiger partial charge in [0.05, 0.1) is 11.4 Å². The summed E-state index contributed by atoms with van der Waals surface area (Å²) in [6.07, 6.45) is 2.72. The van der Waals surface area contributed by atoms with Crippen molar-refractivity contribution in [2.45, 2.75) is 13.3 Å². The molecular formula is C20H17N3O2S. The van der Waals surface area contributed by atoms with E-state index >= 15 is 0 Å². The molecule has 6 heteroatoms. The molecule has 1 amide bonds. The summed E-state index contributed by atoms with van der Waals surface area (Å²) in [5, 5.41) is 5.28. The number of rotatable bonds is 3. The van der Waals surface area contributed by atoms with Gasteiger partial charge in [-0.15, -0.1) is 11.3 Å². The first kappa shape index (κ1) is 16.4. The Morgan fingerprint density at radius 1 is 1.23 bits per heavy atom. The van der Waals surface area contributed by atoms with E-state index in [-0.39, 0.29) is 11.7 Å². The molecule has 2 heterocycles. The standard InChI is InChI=1S/C20H17N3O2S/c1-2-12-3-5-13(6-4-12)9-18-19(24)22-15-10-14(7-8-17(15)25-18)16-11-26-20(21)23-16/h3-11H,2H2,1H3,(H2,21,23)(H,22,24)/b18-9+. The predicted molar refractivity (Wildman–Crippen MR) is 105 cm³/mol. The lowest BCUT2D eigenvalue weighted by Gasteiger charge is -2.20. The lowest BCUT2D eigenvalue weighted by molar-refractivity contribution is -0.115. The number of aromatic nitrogens is 1. The SMILES string of the molecule is CCc1ccc(/C=C2/Oc3ccc(-c4csc(N)n4)cc3NC2=O)cc1. The Kier molecular flexibility index (Phi) is 4.18. The van der Waals surface area contributed by atoms with Gasteiger partial charge in [0, 0.05) is 10.9 Å². The Hall–Kier alpha value is -3.12. The number of hydrogen-bond acceptors (Lipinski definition) is 5. The van der Waals surface area contributed by atoms with E-state index in [1.807, 2.05) is 47.8 Å². The summed E-state index contributed by atoms with van der Waals surface area (Å²) in [4.78, 5) is 16.7. The summed E-state index contributed by atoms with van der Waals surface area (Å²) in [6, 6.07) is 13.6. The normalized spacial score (nSPS) is 14.7. The van der Waals surface area contributed by atoms with Gasteiger partial charge < -0.3 is 15.8 Å². The molecule has 1 aromatic heterocycles. The van der Waals surface area contributed by atoms with Gasteiger partial charge in [-0.05, 0) is 41.8 Å². The van der Waals surface area contributed by atoms with E-state index in [0.717, 1.165) is 23.2 Å². The maximum Gasteiger partial charge on any atom is 0.291 e. The minimum atomic E-state index is -0.271. The summed E-state index contributed by atoms with van der Waals surface area (Å²) in [6.45, 7) is 2.11. The fourth-order valence-corrected chi connectivity index (χ4v) is 3.31. The number of benzene rings is 2. The molecule has 0 aliphatic carbocycles. The van der Waals surface area contributed by atoms with Crippen molar-refractivity contribution in [3.8, 4) is 17.0 Å². The molecular weight excluding hydrogens is 346 g/mol. The smallest absolute Gasteiger partial charge is 0.291 e. The number of nitrogen functional groups attached to an aromatic ring is 1. The van der Waals surface area contributed by atoms with E-state index in [1.54, 1.807) is 6.08 Å². The van der Waals surface area contributed by atoms with Gasteiger partial charge in [-0.2, -0.15) is 0 Å². The van der Waals surface area contributed by atoms with Crippen LogP contribution in [0.5, 0.6) is 5.75 Å². The lowest BCUT2D eigenvalue weighted by atomic mass is 10.1. The van der Waals surface area contributed by atoms with Crippen LogP contribution >= 0.6 is 11.3 Å². The average Bonchev–Trinajstić information content (AvgIpc) is 3.09. The molecule has 1 aliphatic rings. The fraction of sp³-hybridized carbons (Fsp3) is 0.100. The second kappa shape index (κ2) is 6.65. The first-order chi connectivity index (χ1) is 12.6. The first-order valence-electron chi connectivity index (χ1n) is 8.27. The molecule has 26 heavy (non-hydrogen) atoms. The van der Waals surface area contributed by atoms with Gasteiger partial charge in [0.25, 0.3) is 5.91 Å². The zero-order chi connectivity index (χ0) is 18.1. The van der Waals surface area contributed by atoms with Gasteiger partial charge in [0.15, 0.2) is 16.6 Å². The van der Waals surface area contributed by atoms with E-state index in [1.165, 1.54) is 16.9 Å². The zero-order valence-corrected chi connectivity index (χ0v) is 15.0. The van der Waals surface area contributed by atoms with Crippen molar-refractivity contribution in [3.05, 3.63) is 64.7 Å². The number of carbonyl (C=O) groups excluding carboxylic acids is 1. The largest absolute Gasteiger partial charge is 0.449 e. The number of thiazole rings is 1. The van der Waals surface area contributed by atoms with Crippen molar-refractivity contribution in [1.82, 2.24) is 4.98 Å². The highest BCUT2D eigenvalue weighted by Gasteiger charge is 2.22. The van der Waals surface area contributed by atoms with Crippen molar-refractivity contribution in [3.63, 3.8) is 0 Å². The quantitative estimate of drug-likeness (QED) is 0.679. The molecule has 0 spiro atoms. The van der Waals surface area contributed by atoms with Crippen molar-refractivity contribution in [1.29, 1.82) is 0 Å². The van der Waals surface area contributed by atoms with Crippen LogP contribution in [0.2, 0.25) is 0 Å². The number of nitrogens with zero attached hydrogens (tertiary/aromatic N) is 1. The third-order valence-electron chi connectivity index (χ3n) is 4.17. The molecule has 0 atom stereocenters. The number of nitrogens with one attached hydrogen (secondary N) is 1. The van der Waals surface area contributed by atoms with Crippen molar-refractivity contribution in [2.24, 2.45) is 0 Å². The molecule has 130 valence electrons. The Bertz CT molecular complexity index is 1010. The van der Waals surface area contributed by atoms with Gasteiger partial charge >= 0.3 is 0 Å². The first-order valence-corrected chi connectivity index (χ1v) is 9.15. The molecule has 3 aromatic rings. The van der Waals surface area contributed by atoms with Gasteiger partial charge in [-0.25, -0.2) is 4.98 Å². The lowest BCUT2D eigenvalue weighted by Crippen LogP contribution is -2.23. The minimum absolute atomic E-state index is 0.271. The number of aryl methyl sites for hydroxylation is 1. The summed E-state index contributed by atoms with van der Waals surface area (Å²) in [5.74, 6) is 0.604. The van der Waals surface area contributed by atoms with Crippen LogP contribution in [-0.4, -0.2) is 10.9 Å². The Morgan fingerprint density at radius 2 is 2.04 bits per heavy atom. The molecule has 3 N–H and O–H groups in total. The molecule has 0 fully saturated rings. The zero-order valence-electron chi connectivity index (χ0n) is 14.2. The van der Waals surface area contributed by atoms with Crippen molar-refractivity contribution in [2.75, 3.05) is 11.1 Å². The summed E-state index contributed by atoms with van der Waals surface area (Å²) in [7, 11) is 0. The molecule has 4 rings (SSSR count). The number of anilines is 2. The van der Waals surface area contributed by atoms with Gasteiger partial charge in [0.1, 0.15) is 0 Å². The number of nitrogens with two attached hydrogens (primary N) is 1. The third kappa shape index (κ3) is 3.19. The van der Waals surface area contributed by atoms with Crippen LogP contribution in [-0.2, 0) is 11.2 Å². The predicted octanol–water partition coefficient (Wildman–Crippen LogP) is 4.33. The van der Waals surface area contributed by atoms with Crippen LogP contribution in [0, 0.1) is 0 Å². The van der Waals surface area contributed by atoms with Crippen LogP contribution in [0.4, 0.5) is 10.8 Å². The Labute approximate surface area is 155 Å². The van der Waals surface area contributed by atoms with E-state index in [4.69, 9.17) is 10.5 Å². The number of amides is 1. The minimum Gasteiger partial charge on any atom is -0.449 e. The topological polar surface area (TPSA) is 77.2 Å². The van der Waals surface area contributed by atoms with E-state index in [0.29, 0.717) is 16.6 Å². The number of ether oxygens (including phenoxy) is 1. The monoisotopic (exact) mass is 363 g/mol. The number of fused-ring (bicyclic) bond motifs is 1. The molecule has 2 aromatic carbocycles. The highest BCUT2D eigenvalue weighted by atomic mass is 32.1. The van der Waals surface area contributed by atoms with E-state index < -0.39 is 0 Å². The molecule has 0 saturated carbocycles. The highest BCUT2D eigenvalue weighted by Crippen LogP contribution is 2.35. The fourth-order valence-electron chi connectivity index (χ4n) is 2.74. The average molecular weight is 363 g/mol. The highest BCUT2D eigenvalue weighted by molar-refractivity contribution is 7.13. The van der Waals surface area contributed by atoms with Crippen molar-refractivity contribution < 1.29 is 9.53 Å². The molecule has 1 aliphatic heterocycles. The molecule has 5 nitrogen and oxygen atoms in total. The number of hydrogen-bond donors (Lipinski definition) is 2. The summed E-state index contributed by atoms with van der Waals surface area (Å²) < 4.78 is 5.81. The van der Waals surface area contributed by atoms with Crippen molar-refractivity contribution >= 4 is 34.1 Å². The molecule has 0 saturated heterocycles. The summed E-state index contributed by atoms with van der Waals surface area (Å²) in [5.41, 5.74) is 10.1. The van der Waals surface area contributed by atoms with Gasteiger partial charge in [0.2, 0.25) is 0 Å². The maximum atomic E-state index is 12.4. The molecule has 0 radical (unpaired) electrons. The third-order valence-corrected chi connectivity index (χ3v) is 4.85. The number of carbonyl (C=O) groups is 1.